The van der Waals surface area contributed by atoms with Gasteiger partial charge >= 0.3 is 0 Å². The molecule has 1 unspecified atom stereocenters. The molecule has 0 radical (unpaired) electrons. The second-order valence-corrected chi connectivity index (χ2v) is 9.21. The first-order valence-corrected chi connectivity index (χ1v) is 10.5. The van der Waals surface area contributed by atoms with Crippen LogP contribution in [0.15, 0.2) is 47.4 Å². The van der Waals surface area contributed by atoms with E-state index in [2.05, 4.69) is 0 Å². The molecule has 0 spiro atoms. The average Bonchev–Trinajstić information content (AvgIpc) is 2.88. The third-order valence-electron chi connectivity index (χ3n) is 5.24. The number of benzene rings is 2. The van der Waals surface area contributed by atoms with E-state index >= 15 is 0 Å². The van der Waals surface area contributed by atoms with E-state index in [1.807, 2.05) is 13.8 Å². The summed E-state index contributed by atoms with van der Waals surface area (Å²) in [5.74, 6) is -2.11. The second kappa shape index (κ2) is 6.68. The fourth-order valence-corrected chi connectivity index (χ4v) is 4.22. The summed E-state index contributed by atoms with van der Waals surface area (Å²) in [6, 6.07) is 9.78. The molecule has 3 nitrogen and oxygen atoms in total. The van der Waals surface area contributed by atoms with E-state index in [4.69, 9.17) is 0 Å². The van der Waals surface area contributed by atoms with E-state index in [1.165, 1.54) is 18.2 Å². The zero-order valence-corrected chi connectivity index (χ0v) is 16.2. The zero-order chi connectivity index (χ0) is 20.0. The van der Waals surface area contributed by atoms with E-state index in [0.717, 1.165) is 24.0 Å². The van der Waals surface area contributed by atoms with Crippen LogP contribution in [0.2, 0.25) is 0 Å². The molecule has 0 saturated heterocycles. The lowest BCUT2D eigenvalue weighted by Crippen LogP contribution is -2.14. The zero-order valence-electron chi connectivity index (χ0n) is 15.3. The van der Waals surface area contributed by atoms with Gasteiger partial charge < -0.3 is 0 Å². The molecule has 2 aromatic rings. The molecule has 0 saturated carbocycles. The van der Waals surface area contributed by atoms with Crippen molar-refractivity contribution in [1.29, 1.82) is 0 Å². The van der Waals surface area contributed by atoms with Crippen LogP contribution in [-0.4, -0.2) is 20.5 Å². The number of carbonyl (C=O) groups excluding carboxylic acids is 1. The lowest BCUT2D eigenvalue weighted by atomic mass is 9.77. The Hall–Kier alpha value is -2.34. The SMILES string of the molecule is CCC1(C)CC(=O)C(c2ccc(F)c(F)c2)=C1c1ccc(S(C)(=O)=O)cc1. The Bertz CT molecular complexity index is 1050. The number of carbonyl (C=O) groups is 1. The molecule has 0 fully saturated rings. The third kappa shape index (κ3) is 3.46. The lowest BCUT2D eigenvalue weighted by Gasteiger charge is -2.26. The van der Waals surface area contributed by atoms with Gasteiger partial charge in [0.15, 0.2) is 27.3 Å². The van der Waals surface area contributed by atoms with Crippen molar-refractivity contribution in [3.63, 3.8) is 0 Å². The maximum absolute atomic E-state index is 13.8. The summed E-state index contributed by atoms with van der Waals surface area (Å²) in [6.45, 7) is 3.92. The molecule has 0 amide bonds. The fourth-order valence-electron chi connectivity index (χ4n) is 3.59. The number of sulfone groups is 1. The molecule has 3 rings (SSSR count). The van der Waals surface area contributed by atoms with E-state index in [-0.39, 0.29) is 17.1 Å². The predicted octanol–water partition coefficient (Wildman–Crippen LogP) is 4.67. The smallest absolute Gasteiger partial charge is 0.175 e. The van der Waals surface area contributed by atoms with Crippen molar-refractivity contribution < 1.29 is 22.0 Å². The van der Waals surface area contributed by atoms with Crippen LogP contribution in [0.25, 0.3) is 11.1 Å². The summed E-state index contributed by atoms with van der Waals surface area (Å²) in [6.07, 6.45) is 2.07. The Balaban J connectivity index is 2.25. The van der Waals surface area contributed by atoms with Crippen LogP contribution in [-0.2, 0) is 14.6 Å². The van der Waals surface area contributed by atoms with Gasteiger partial charge in [0.25, 0.3) is 0 Å². The molecule has 0 N–H and O–H groups in total. The molecule has 1 aliphatic rings. The number of hydrogen-bond acceptors (Lipinski definition) is 3. The second-order valence-electron chi connectivity index (χ2n) is 7.19. The maximum atomic E-state index is 13.8. The Morgan fingerprint density at radius 2 is 1.59 bits per heavy atom. The first-order valence-electron chi connectivity index (χ1n) is 8.60. The Morgan fingerprint density at radius 3 is 2.11 bits per heavy atom. The highest BCUT2D eigenvalue weighted by molar-refractivity contribution is 7.90. The van der Waals surface area contributed by atoms with Gasteiger partial charge in [-0.1, -0.05) is 32.0 Å². The molecule has 2 aromatic carbocycles. The first-order chi connectivity index (χ1) is 12.6. The fraction of sp³-hybridized carbons (Fsp3) is 0.286. The number of hydrogen-bond donors (Lipinski definition) is 0. The topological polar surface area (TPSA) is 51.2 Å². The standard InChI is InChI=1S/C21H20F2O3S/c1-4-21(2)12-18(24)19(14-7-10-16(22)17(23)11-14)20(21)13-5-8-15(9-6-13)27(3,25)26/h5-11H,4,12H2,1-3H3. The highest BCUT2D eigenvalue weighted by Crippen LogP contribution is 2.51. The largest absolute Gasteiger partial charge is 0.294 e. The van der Waals surface area contributed by atoms with Crippen LogP contribution in [0.3, 0.4) is 0 Å². The number of rotatable bonds is 4. The van der Waals surface area contributed by atoms with Gasteiger partial charge in [0, 0.05) is 23.7 Å². The minimum absolute atomic E-state index is 0.132. The van der Waals surface area contributed by atoms with Gasteiger partial charge in [-0.15, -0.1) is 0 Å². The van der Waals surface area contributed by atoms with Gasteiger partial charge in [0.2, 0.25) is 0 Å². The third-order valence-corrected chi connectivity index (χ3v) is 6.37. The summed E-state index contributed by atoms with van der Waals surface area (Å²) in [7, 11) is -3.34. The van der Waals surface area contributed by atoms with Crippen molar-refractivity contribution in [3.05, 3.63) is 65.2 Å². The normalized spacial score (nSPS) is 20.4. The van der Waals surface area contributed by atoms with Crippen LogP contribution in [0.5, 0.6) is 0 Å². The van der Waals surface area contributed by atoms with Crippen LogP contribution < -0.4 is 0 Å². The quantitative estimate of drug-likeness (QED) is 0.762. The number of Topliss-reactive ketones (excluding diaryl/α,β-unsaturated/α-hetero) is 1. The molecule has 0 aliphatic heterocycles. The minimum Gasteiger partial charge on any atom is -0.294 e. The lowest BCUT2D eigenvalue weighted by molar-refractivity contribution is -0.114. The summed E-state index contributed by atoms with van der Waals surface area (Å²) in [5.41, 5.74) is 1.67. The predicted molar refractivity (Wildman–Crippen MR) is 101 cm³/mol. The van der Waals surface area contributed by atoms with Gasteiger partial charge in [-0.25, -0.2) is 17.2 Å². The summed E-state index contributed by atoms with van der Waals surface area (Å²) in [5, 5.41) is 0. The van der Waals surface area contributed by atoms with Gasteiger partial charge in [-0.2, -0.15) is 0 Å². The molecular weight excluding hydrogens is 370 g/mol. The van der Waals surface area contributed by atoms with Gasteiger partial charge in [-0.05, 0) is 47.4 Å². The first kappa shape index (κ1) is 19.4. The number of allylic oxidation sites excluding steroid dienone is 2. The highest BCUT2D eigenvalue weighted by atomic mass is 32.2. The van der Waals surface area contributed by atoms with Crippen LogP contribution in [0.1, 0.15) is 37.8 Å². The van der Waals surface area contributed by atoms with Crippen molar-refractivity contribution in [2.24, 2.45) is 5.41 Å². The van der Waals surface area contributed by atoms with E-state index < -0.39 is 26.9 Å². The van der Waals surface area contributed by atoms with Crippen molar-refractivity contribution in [1.82, 2.24) is 0 Å². The van der Waals surface area contributed by atoms with Crippen LogP contribution in [0, 0.1) is 17.0 Å². The molecule has 0 heterocycles. The van der Waals surface area contributed by atoms with Gasteiger partial charge in [-0.3, -0.25) is 4.79 Å². The summed E-state index contributed by atoms with van der Waals surface area (Å²) >= 11 is 0. The number of ketones is 1. The molecule has 142 valence electrons. The summed E-state index contributed by atoms with van der Waals surface area (Å²) in [4.78, 5) is 13.0. The van der Waals surface area contributed by atoms with Crippen molar-refractivity contribution >= 4 is 26.8 Å². The molecule has 6 heteroatoms. The Kier molecular flexibility index (Phi) is 4.80. The molecule has 1 aliphatic carbocycles. The maximum Gasteiger partial charge on any atom is 0.175 e. The molecule has 27 heavy (non-hydrogen) atoms. The van der Waals surface area contributed by atoms with Gasteiger partial charge in [0.1, 0.15) is 0 Å². The van der Waals surface area contributed by atoms with E-state index in [9.17, 15) is 22.0 Å². The molecule has 0 aromatic heterocycles. The Labute approximate surface area is 157 Å². The molecular formula is C21H20F2O3S. The number of halogens is 2. The van der Waals surface area contributed by atoms with E-state index in [1.54, 1.807) is 12.1 Å². The van der Waals surface area contributed by atoms with Gasteiger partial charge in [0.05, 0.1) is 4.90 Å². The summed E-state index contributed by atoms with van der Waals surface area (Å²) < 4.78 is 50.5. The molecule has 0 bridgehead atoms. The monoisotopic (exact) mass is 390 g/mol. The highest BCUT2D eigenvalue weighted by Gasteiger charge is 2.41. The van der Waals surface area contributed by atoms with Crippen LogP contribution >= 0.6 is 0 Å². The van der Waals surface area contributed by atoms with Crippen LogP contribution in [0.4, 0.5) is 8.78 Å². The minimum atomic E-state index is -3.34. The van der Waals surface area contributed by atoms with E-state index in [0.29, 0.717) is 23.1 Å². The van der Waals surface area contributed by atoms with Crippen molar-refractivity contribution in [3.8, 4) is 0 Å². The Morgan fingerprint density at radius 1 is 1.00 bits per heavy atom. The average molecular weight is 390 g/mol. The molecule has 1 atom stereocenters. The van der Waals surface area contributed by atoms with Crippen molar-refractivity contribution in [2.45, 2.75) is 31.6 Å². The van der Waals surface area contributed by atoms with Crippen molar-refractivity contribution in [2.75, 3.05) is 6.26 Å².